The Labute approximate surface area is 232 Å². The summed E-state index contributed by atoms with van der Waals surface area (Å²) < 4.78 is 13.4. The van der Waals surface area contributed by atoms with Crippen molar-refractivity contribution in [3.05, 3.63) is 78.2 Å². The molecular weight excluding hydrogens is 504 g/mol. The highest BCUT2D eigenvalue weighted by molar-refractivity contribution is 5.66. The Morgan fingerprint density at radius 3 is 2.52 bits per heavy atom. The third-order valence-corrected chi connectivity index (χ3v) is 7.44. The van der Waals surface area contributed by atoms with Gasteiger partial charge in [-0.15, -0.1) is 5.10 Å². The van der Waals surface area contributed by atoms with E-state index in [0.717, 1.165) is 73.4 Å². The Hall–Kier alpha value is -4.57. The molecule has 0 atom stereocenters. The number of aryl methyl sites for hydroxylation is 1. The van der Waals surface area contributed by atoms with E-state index in [0.29, 0.717) is 30.6 Å². The second-order valence-corrected chi connectivity index (χ2v) is 10.1. The second kappa shape index (κ2) is 10.5. The molecule has 1 saturated heterocycles. The van der Waals surface area contributed by atoms with Crippen LogP contribution in [0.5, 0.6) is 11.5 Å². The van der Waals surface area contributed by atoms with Gasteiger partial charge < -0.3 is 14.4 Å². The number of hydrogen-bond acceptors (Lipinski definition) is 9. The summed E-state index contributed by atoms with van der Waals surface area (Å²) in [4.78, 5) is 23.5. The Balaban J connectivity index is 1.11. The van der Waals surface area contributed by atoms with Crippen LogP contribution in [0.1, 0.15) is 17.7 Å². The molecule has 2 aromatic carbocycles. The van der Waals surface area contributed by atoms with Crippen molar-refractivity contribution in [2.45, 2.75) is 19.9 Å². The van der Waals surface area contributed by atoms with Gasteiger partial charge in [0.15, 0.2) is 17.3 Å². The summed E-state index contributed by atoms with van der Waals surface area (Å²) in [6.07, 6.45) is 4.50. The van der Waals surface area contributed by atoms with Gasteiger partial charge in [-0.1, -0.05) is 30.3 Å². The van der Waals surface area contributed by atoms with Crippen molar-refractivity contribution in [3.63, 3.8) is 0 Å². The first-order chi connectivity index (χ1) is 19.7. The van der Waals surface area contributed by atoms with E-state index < -0.39 is 0 Å². The lowest BCUT2D eigenvalue weighted by Gasteiger charge is -2.34. The monoisotopic (exact) mass is 534 g/mol. The predicted octanol–water partition coefficient (Wildman–Crippen LogP) is 4.04. The fraction of sp³-hybridized carbons (Fsp3) is 0.300. The van der Waals surface area contributed by atoms with Gasteiger partial charge in [-0.3, -0.25) is 4.90 Å². The molecule has 202 valence electrons. The first kappa shape index (κ1) is 24.5. The van der Waals surface area contributed by atoms with Gasteiger partial charge in [-0.25, -0.2) is 19.5 Å². The standard InChI is InChI=1S/C30H30N8O2/c1-21-24(19-32-30-34-28(35-38(21)30)23-8-9-26-27(18-23)40-17-5-16-39-26)25-10-11-31-29(33-25)37-14-12-36(13-15-37)20-22-6-3-2-4-7-22/h2-4,6-11,18-19H,5,12-17,20H2,1H3. The van der Waals surface area contributed by atoms with Crippen LogP contribution in [-0.2, 0) is 6.54 Å². The molecule has 0 aliphatic carbocycles. The molecule has 5 heterocycles. The minimum absolute atomic E-state index is 0.534. The van der Waals surface area contributed by atoms with Crippen LogP contribution in [0.25, 0.3) is 28.4 Å². The number of rotatable bonds is 5. The molecule has 0 unspecified atom stereocenters. The van der Waals surface area contributed by atoms with Crippen LogP contribution in [0.15, 0.2) is 67.0 Å². The molecule has 7 rings (SSSR count). The molecule has 0 amide bonds. The molecule has 10 nitrogen and oxygen atoms in total. The average Bonchev–Trinajstić information content (AvgIpc) is 3.30. The predicted molar refractivity (Wildman–Crippen MR) is 152 cm³/mol. The molecule has 0 N–H and O–H groups in total. The first-order valence-electron chi connectivity index (χ1n) is 13.7. The summed E-state index contributed by atoms with van der Waals surface area (Å²) in [6, 6.07) is 18.3. The largest absolute Gasteiger partial charge is 0.490 e. The summed E-state index contributed by atoms with van der Waals surface area (Å²) in [5, 5.41) is 4.78. The Bertz CT molecular complexity index is 1650. The molecule has 2 aliphatic rings. The normalized spacial score (nSPS) is 15.8. The number of nitrogens with zero attached hydrogens (tertiary/aromatic N) is 8. The van der Waals surface area contributed by atoms with Gasteiger partial charge >= 0.3 is 0 Å². The average molecular weight is 535 g/mol. The summed E-state index contributed by atoms with van der Waals surface area (Å²) in [5.74, 6) is 3.32. The van der Waals surface area contributed by atoms with Crippen molar-refractivity contribution in [1.82, 2.24) is 34.4 Å². The number of fused-ring (bicyclic) bond motifs is 2. The number of piperazine rings is 1. The topological polar surface area (TPSA) is 93.8 Å². The second-order valence-electron chi connectivity index (χ2n) is 10.1. The smallest absolute Gasteiger partial charge is 0.252 e. The molecule has 5 aromatic rings. The van der Waals surface area contributed by atoms with E-state index in [1.54, 1.807) is 4.52 Å². The third kappa shape index (κ3) is 4.82. The molecule has 0 radical (unpaired) electrons. The zero-order valence-corrected chi connectivity index (χ0v) is 22.4. The highest BCUT2D eigenvalue weighted by Crippen LogP contribution is 2.33. The lowest BCUT2D eigenvalue weighted by atomic mass is 10.2. The van der Waals surface area contributed by atoms with Crippen molar-refractivity contribution < 1.29 is 9.47 Å². The zero-order valence-electron chi connectivity index (χ0n) is 22.4. The number of ether oxygens (including phenoxy) is 2. The van der Waals surface area contributed by atoms with Crippen LogP contribution in [0.4, 0.5) is 5.95 Å². The minimum atomic E-state index is 0.534. The maximum absolute atomic E-state index is 5.86. The van der Waals surface area contributed by atoms with Crippen LogP contribution < -0.4 is 14.4 Å². The van der Waals surface area contributed by atoms with Crippen LogP contribution in [-0.4, -0.2) is 73.8 Å². The minimum Gasteiger partial charge on any atom is -0.490 e. The molecule has 10 heteroatoms. The molecule has 0 saturated carbocycles. The number of benzene rings is 2. The van der Waals surface area contributed by atoms with Gasteiger partial charge in [0.05, 0.1) is 24.6 Å². The first-order valence-corrected chi connectivity index (χ1v) is 13.7. The van der Waals surface area contributed by atoms with Gasteiger partial charge in [0.25, 0.3) is 5.78 Å². The van der Waals surface area contributed by atoms with Gasteiger partial charge in [-0.05, 0) is 36.8 Å². The lowest BCUT2D eigenvalue weighted by Crippen LogP contribution is -2.46. The molecular formula is C30H30N8O2. The third-order valence-electron chi connectivity index (χ3n) is 7.44. The Morgan fingerprint density at radius 1 is 0.850 bits per heavy atom. The molecule has 3 aromatic heterocycles. The maximum Gasteiger partial charge on any atom is 0.252 e. The van der Waals surface area contributed by atoms with Gasteiger partial charge in [0.1, 0.15) is 0 Å². The maximum atomic E-state index is 5.86. The quantitative estimate of drug-likeness (QED) is 0.331. The van der Waals surface area contributed by atoms with Crippen molar-refractivity contribution in [1.29, 1.82) is 0 Å². The highest BCUT2D eigenvalue weighted by Gasteiger charge is 2.21. The van der Waals surface area contributed by atoms with Crippen molar-refractivity contribution in [2.24, 2.45) is 0 Å². The van der Waals surface area contributed by atoms with E-state index in [9.17, 15) is 0 Å². The summed E-state index contributed by atoms with van der Waals surface area (Å²) in [6.45, 7) is 7.97. The fourth-order valence-electron chi connectivity index (χ4n) is 5.22. The van der Waals surface area contributed by atoms with E-state index in [2.05, 4.69) is 55.1 Å². The van der Waals surface area contributed by atoms with E-state index in [1.807, 2.05) is 43.6 Å². The molecule has 0 spiro atoms. The van der Waals surface area contributed by atoms with Crippen LogP contribution in [0.2, 0.25) is 0 Å². The molecule has 2 aliphatic heterocycles. The van der Waals surface area contributed by atoms with Crippen molar-refractivity contribution >= 4 is 11.7 Å². The lowest BCUT2D eigenvalue weighted by molar-refractivity contribution is 0.248. The van der Waals surface area contributed by atoms with Crippen LogP contribution in [0.3, 0.4) is 0 Å². The highest BCUT2D eigenvalue weighted by atomic mass is 16.5. The zero-order chi connectivity index (χ0) is 26.9. The van der Waals surface area contributed by atoms with Gasteiger partial charge in [-0.2, -0.15) is 4.98 Å². The number of anilines is 1. The van der Waals surface area contributed by atoms with E-state index >= 15 is 0 Å². The Kier molecular flexibility index (Phi) is 6.45. The number of aromatic nitrogens is 6. The Morgan fingerprint density at radius 2 is 1.68 bits per heavy atom. The molecule has 40 heavy (non-hydrogen) atoms. The van der Waals surface area contributed by atoms with Crippen molar-refractivity contribution in [3.8, 4) is 34.1 Å². The summed E-state index contributed by atoms with van der Waals surface area (Å²) in [5.41, 5.74) is 4.82. The summed E-state index contributed by atoms with van der Waals surface area (Å²) >= 11 is 0. The van der Waals surface area contributed by atoms with Crippen LogP contribution >= 0.6 is 0 Å². The van der Waals surface area contributed by atoms with Gasteiger partial charge in [0.2, 0.25) is 5.95 Å². The molecule has 0 bridgehead atoms. The molecule has 1 fully saturated rings. The fourth-order valence-corrected chi connectivity index (χ4v) is 5.22. The SMILES string of the molecule is Cc1c(-c2ccnc(N3CCN(Cc4ccccc4)CC3)n2)cnc2nc(-c3ccc4c(c3)OCCCO4)nn12. The number of hydrogen-bond donors (Lipinski definition) is 0. The van der Waals surface area contributed by atoms with E-state index in [1.165, 1.54) is 5.56 Å². The van der Waals surface area contributed by atoms with Gasteiger partial charge in [0, 0.05) is 62.7 Å². The van der Waals surface area contributed by atoms with E-state index in [4.69, 9.17) is 19.6 Å². The van der Waals surface area contributed by atoms with Crippen molar-refractivity contribution in [2.75, 3.05) is 44.3 Å². The van der Waals surface area contributed by atoms with Crippen LogP contribution in [0, 0.1) is 6.92 Å². The van der Waals surface area contributed by atoms with E-state index in [-0.39, 0.29) is 0 Å². The summed E-state index contributed by atoms with van der Waals surface area (Å²) in [7, 11) is 0.